The van der Waals surface area contributed by atoms with Crippen molar-refractivity contribution in [3.05, 3.63) is 18.2 Å². The molecule has 0 saturated carbocycles. The van der Waals surface area contributed by atoms with Gasteiger partial charge in [0.1, 0.15) is 5.75 Å². The fourth-order valence-corrected chi connectivity index (χ4v) is 2.82. The molecule has 1 aromatic rings. The highest BCUT2D eigenvalue weighted by molar-refractivity contribution is 5.97. The van der Waals surface area contributed by atoms with E-state index in [0.29, 0.717) is 6.54 Å². The highest BCUT2D eigenvalue weighted by atomic mass is 19.4. The van der Waals surface area contributed by atoms with Gasteiger partial charge in [-0.05, 0) is 18.6 Å². The van der Waals surface area contributed by atoms with Gasteiger partial charge in [0.05, 0.1) is 11.4 Å². The number of hydrogen-bond donors (Lipinski definition) is 3. The molecule has 0 aromatic heterocycles. The number of rotatable bonds is 13. The number of aromatic hydroxyl groups is 1. The van der Waals surface area contributed by atoms with Crippen LogP contribution in [-0.2, 0) is 4.79 Å². The van der Waals surface area contributed by atoms with Gasteiger partial charge in [0.15, 0.2) is 0 Å². The van der Waals surface area contributed by atoms with E-state index < -0.39 is 12.1 Å². The Balaban J connectivity index is 2.28. The minimum atomic E-state index is -4.95. The molecule has 4 nitrogen and oxygen atoms in total. The Hall–Kier alpha value is -1.92. The second-order valence-electron chi connectivity index (χ2n) is 6.79. The molecule has 0 heterocycles. The molecule has 154 valence electrons. The Morgan fingerprint density at radius 1 is 0.926 bits per heavy atom. The first-order valence-electron chi connectivity index (χ1n) is 9.79. The van der Waals surface area contributed by atoms with Crippen molar-refractivity contribution < 1.29 is 23.1 Å². The van der Waals surface area contributed by atoms with Crippen LogP contribution in [0.25, 0.3) is 0 Å². The van der Waals surface area contributed by atoms with Gasteiger partial charge in [-0.3, -0.25) is 4.79 Å². The zero-order chi connectivity index (χ0) is 20.1. The average Bonchev–Trinajstić information content (AvgIpc) is 2.60. The van der Waals surface area contributed by atoms with Crippen molar-refractivity contribution in [3.8, 4) is 5.75 Å². The minimum Gasteiger partial charge on any atom is -0.508 e. The summed E-state index contributed by atoms with van der Waals surface area (Å²) in [5.41, 5.74) is 0.283. The number of carbonyl (C=O) groups is 1. The Labute approximate surface area is 159 Å². The molecular weight excluding hydrogens is 357 g/mol. The Bertz CT molecular complexity index is 563. The molecule has 0 saturated heterocycles. The summed E-state index contributed by atoms with van der Waals surface area (Å²) in [5, 5.41) is 14.4. The lowest BCUT2D eigenvalue weighted by Gasteiger charge is -2.14. The molecule has 0 aliphatic rings. The van der Waals surface area contributed by atoms with Crippen molar-refractivity contribution in [3.63, 3.8) is 0 Å². The second-order valence-corrected chi connectivity index (χ2v) is 6.79. The van der Waals surface area contributed by atoms with Gasteiger partial charge in [-0.1, -0.05) is 64.7 Å². The van der Waals surface area contributed by atoms with Gasteiger partial charge in [0.2, 0.25) is 0 Å². The Kier molecular flexibility index (Phi) is 10.7. The van der Waals surface area contributed by atoms with E-state index in [2.05, 4.69) is 12.2 Å². The summed E-state index contributed by atoms with van der Waals surface area (Å²) in [6.45, 7) is 2.77. The van der Waals surface area contributed by atoms with E-state index >= 15 is 0 Å². The predicted octanol–water partition coefficient (Wildman–Crippen LogP) is 6.23. The smallest absolute Gasteiger partial charge is 0.471 e. The maximum atomic E-state index is 12.4. The van der Waals surface area contributed by atoms with Crippen molar-refractivity contribution in [1.29, 1.82) is 0 Å². The molecule has 1 rings (SSSR count). The van der Waals surface area contributed by atoms with Crippen LogP contribution in [0, 0.1) is 0 Å². The zero-order valence-electron chi connectivity index (χ0n) is 16.0. The number of amides is 1. The molecule has 0 spiro atoms. The monoisotopic (exact) mass is 388 g/mol. The van der Waals surface area contributed by atoms with Crippen molar-refractivity contribution in [1.82, 2.24) is 0 Å². The van der Waals surface area contributed by atoms with Gasteiger partial charge in [-0.2, -0.15) is 13.2 Å². The fraction of sp³-hybridized carbons (Fsp3) is 0.650. The molecule has 0 bridgehead atoms. The lowest BCUT2D eigenvalue weighted by Crippen LogP contribution is -2.30. The highest BCUT2D eigenvalue weighted by Crippen LogP contribution is 2.28. The molecule has 27 heavy (non-hydrogen) atoms. The van der Waals surface area contributed by atoms with Gasteiger partial charge in [0.25, 0.3) is 0 Å². The first kappa shape index (κ1) is 23.1. The number of alkyl halides is 3. The van der Waals surface area contributed by atoms with Crippen LogP contribution < -0.4 is 10.6 Å². The third-order valence-corrected chi connectivity index (χ3v) is 4.35. The molecule has 7 heteroatoms. The van der Waals surface area contributed by atoms with Crippen molar-refractivity contribution in [2.45, 2.75) is 77.3 Å². The largest absolute Gasteiger partial charge is 0.508 e. The number of halogens is 3. The average molecular weight is 388 g/mol. The van der Waals surface area contributed by atoms with E-state index in [1.54, 1.807) is 0 Å². The van der Waals surface area contributed by atoms with E-state index in [-0.39, 0.29) is 17.1 Å². The molecule has 0 aliphatic carbocycles. The topological polar surface area (TPSA) is 61.4 Å². The number of carbonyl (C=O) groups excluding carboxylic acids is 1. The lowest BCUT2D eigenvalue weighted by atomic mass is 10.1. The molecule has 1 aromatic carbocycles. The standard InChI is InChI=1S/C20H31F3N2O2/c1-2-3-4-5-6-7-8-9-10-11-14-24-18-15-16(26)12-13-17(18)25-19(27)20(21,22)23/h12-13,15,24,26H,2-11,14H2,1H3,(H,25,27). The van der Waals surface area contributed by atoms with Crippen LogP contribution in [0.2, 0.25) is 0 Å². The van der Waals surface area contributed by atoms with Crippen LogP contribution in [0.1, 0.15) is 71.1 Å². The van der Waals surface area contributed by atoms with E-state index in [4.69, 9.17) is 0 Å². The van der Waals surface area contributed by atoms with E-state index in [0.717, 1.165) is 19.3 Å². The van der Waals surface area contributed by atoms with Gasteiger partial charge in [0, 0.05) is 12.6 Å². The van der Waals surface area contributed by atoms with Crippen LogP contribution in [0.15, 0.2) is 18.2 Å². The summed E-state index contributed by atoms with van der Waals surface area (Å²) in [7, 11) is 0. The third-order valence-electron chi connectivity index (χ3n) is 4.35. The Morgan fingerprint density at radius 3 is 2.04 bits per heavy atom. The number of benzene rings is 1. The first-order chi connectivity index (χ1) is 12.8. The minimum absolute atomic E-state index is 0.00204. The van der Waals surface area contributed by atoms with E-state index in [9.17, 15) is 23.1 Å². The maximum Gasteiger partial charge on any atom is 0.471 e. The van der Waals surface area contributed by atoms with Crippen LogP contribution in [0.3, 0.4) is 0 Å². The van der Waals surface area contributed by atoms with Crippen LogP contribution >= 0.6 is 0 Å². The maximum absolute atomic E-state index is 12.4. The van der Waals surface area contributed by atoms with Crippen molar-refractivity contribution in [2.24, 2.45) is 0 Å². The quantitative estimate of drug-likeness (QED) is 0.277. The van der Waals surface area contributed by atoms with Gasteiger partial charge < -0.3 is 15.7 Å². The number of phenolic OH excluding ortho intramolecular Hbond substituents is 1. The molecule has 0 radical (unpaired) electrons. The summed E-state index contributed by atoms with van der Waals surface area (Å²) < 4.78 is 37.2. The van der Waals surface area contributed by atoms with E-state index in [1.807, 2.05) is 5.32 Å². The van der Waals surface area contributed by atoms with Crippen molar-refractivity contribution >= 4 is 17.3 Å². The third kappa shape index (κ3) is 10.1. The molecule has 0 atom stereocenters. The molecule has 0 fully saturated rings. The number of hydrogen-bond acceptors (Lipinski definition) is 3. The molecule has 3 N–H and O–H groups in total. The van der Waals surface area contributed by atoms with Gasteiger partial charge in [-0.25, -0.2) is 0 Å². The van der Waals surface area contributed by atoms with E-state index in [1.165, 1.54) is 63.1 Å². The summed E-state index contributed by atoms with van der Waals surface area (Å²) in [5.74, 6) is -2.11. The fourth-order valence-electron chi connectivity index (χ4n) is 2.82. The summed E-state index contributed by atoms with van der Waals surface area (Å²) in [6, 6.07) is 3.79. The summed E-state index contributed by atoms with van der Waals surface area (Å²) in [6.07, 6.45) is 7.01. The number of phenols is 1. The molecule has 0 aliphatic heterocycles. The van der Waals surface area contributed by atoms with Crippen LogP contribution in [-0.4, -0.2) is 23.7 Å². The van der Waals surface area contributed by atoms with Gasteiger partial charge >= 0.3 is 12.1 Å². The summed E-state index contributed by atoms with van der Waals surface area (Å²) in [4.78, 5) is 11.1. The summed E-state index contributed by atoms with van der Waals surface area (Å²) >= 11 is 0. The zero-order valence-corrected chi connectivity index (χ0v) is 16.0. The SMILES string of the molecule is CCCCCCCCCCCCNc1cc(O)ccc1NC(=O)C(F)(F)F. The lowest BCUT2D eigenvalue weighted by molar-refractivity contribution is -0.167. The van der Waals surface area contributed by atoms with Crippen LogP contribution in [0.4, 0.5) is 24.5 Å². The van der Waals surface area contributed by atoms with Gasteiger partial charge in [-0.15, -0.1) is 0 Å². The molecule has 0 unspecified atom stereocenters. The normalized spacial score (nSPS) is 11.4. The first-order valence-corrected chi connectivity index (χ1v) is 9.79. The predicted molar refractivity (Wildman–Crippen MR) is 103 cm³/mol. The highest BCUT2D eigenvalue weighted by Gasteiger charge is 2.39. The molecule has 1 amide bonds. The second kappa shape index (κ2) is 12.5. The molecular formula is C20H31F3N2O2. The van der Waals surface area contributed by atoms with Crippen LogP contribution in [0.5, 0.6) is 5.75 Å². The Morgan fingerprint density at radius 2 is 1.48 bits per heavy atom. The number of unbranched alkanes of at least 4 members (excludes halogenated alkanes) is 9. The number of nitrogens with one attached hydrogen (secondary N) is 2. The van der Waals surface area contributed by atoms with Crippen molar-refractivity contribution in [2.75, 3.05) is 17.2 Å². The number of anilines is 2.